The Morgan fingerprint density at radius 1 is 1.43 bits per heavy atom. The van der Waals surface area contributed by atoms with Crippen molar-refractivity contribution < 1.29 is 13.2 Å². The molecule has 0 aromatic heterocycles. The maximum Gasteiger partial charge on any atom is 0.155 e. The largest absolute Gasteiger partial charge is 0.384 e. The van der Waals surface area contributed by atoms with Gasteiger partial charge in [0.05, 0.1) is 17.6 Å². The molecular weight excluding hydrogens is 202 g/mol. The van der Waals surface area contributed by atoms with Gasteiger partial charge in [-0.3, -0.25) is 0 Å². The number of methoxy groups -OCH3 is 1. The van der Waals surface area contributed by atoms with Gasteiger partial charge in [0.25, 0.3) is 0 Å². The Hall–Kier alpha value is -0.130. The highest BCUT2D eigenvalue weighted by molar-refractivity contribution is 7.92. The summed E-state index contributed by atoms with van der Waals surface area (Å²) in [4.78, 5) is 0. The molecule has 0 saturated heterocycles. The number of hydrogen-bond acceptors (Lipinski definition) is 4. The fraction of sp³-hybridized carbons (Fsp3) is 1.00. The topological polar surface area (TPSA) is 69.4 Å². The molecule has 2 atom stereocenters. The van der Waals surface area contributed by atoms with Gasteiger partial charge < -0.3 is 10.5 Å². The fourth-order valence-electron chi connectivity index (χ4n) is 1.87. The van der Waals surface area contributed by atoms with Gasteiger partial charge in [0.15, 0.2) is 9.84 Å². The third kappa shape index (κ3) is 3.22. The second kappa shape index (κ2) is 5.09. The molecule has 0 aromatic carbocycles. The molecule has 0 bridgehead atoms. The lowest BCUT2D eigenvalue weighted by molar-refractivity contribution is 0.216. The van der Waals surface area contributed by atoms with E-state index in [-0.39, 0.29) is 23.7 Å². The van der Waals surface area contributed by atoms with Gasteiger partial charge >= 0.3 is 0 Å². The molecule has 1 aliphatic carbocycles. The quantitative estimate of drug-likeness (QED) is 0.742. The van der Waals surface area contributed by atoms with Crippen molar-refractivity contribution in [3.05, 3.63) is 0 Å². The maximum absolute atomic E-state index is 11.8. The van der Waals surface area contributed by atoms with Crippen molar-refractivity contribution in [1.82, 2.24) is 0 Å². The molecule has 0 aliphatic heterocycles. The molecular formula is C9H19NO3S. The van der Waals surface area contributed by atoms with E-state index >= 15 is 0 Å². The minimum atomic E-state index is -2.98. The minimum Gasteiger partial charge on any atom is -0.384 e. The molecule has 4 nitrogen and oxygen atoms in total. The van der Waals surface area contributed by atoms with Crippen molar-refractivity contribution in [2.24, 2.45) is 5.73 Å². The molecule has 1 saturated carbocycles. The van der Waals surface area contributed by atoms with Crippen molar-refractivity contribution in [1.29, 1.82) is 0 Å². The Labute approximate surface area is 85.7 Å². The summed E-state index contributed by atoms with van der Waals surface area (Å²) in [5, 5.41) is -0.235. The normalized spacial score (nSPS) is 29.0. The SMILES string of the molecule is COCCS(=O)(=O)C1CCCC(N)C1. The maximum atomic E-state index is 11.8. The molecule has 1 rings (SSSR count). The summed E-state index contributed by atoms with van der Waals surface area (Å²) in [6.45, 7) is 0.286. The van der Waals surface area contributed by atoms with Crippen molar-refractivity contribution in [3.8, 4) is 0 Å². The number of sulfone groups is 1. The van der Waals surface area contributed by atoms with Crippen LogP contribution in [0.1, 0.15) is 25.7 Å². The number of ether oxygens (including phenoxy) is 1. The molecule has 5 heteroatoms. The Balaban J connectivity index is 2.53. The van der Waals surface area contributed by atoms with E-state index in [4.69, 9.17) is 10.5 Å². The molecule has 2 unspecified atom stereocenters. The first kappa shape index (κ1) is 11.9. The number of hydrogen-bond donors (Lipinski definition) is 1. The van der Waals surface area contributed by atoms with Crippen LogP contribution in [0.15, 0.2) is 0 Å². The average Bonchev–Trinajstić information content (AvgIpc) is 2.15. The van der Waals surface area contributed by atoms with Crippen molar-refractivity contribution in [2.45, 2.75) is 37.0 Å². The van der Waals surface area contributed by atoms with Gasteiger partial charge in [-0.15, -0.1) is 0 Å². The zero-order valence-corrected chi connectivity index (χ0v) is 9.42. The summed E-state index contributed by atoms with van der Waals surface area (Å²) in [7, 11) is -1.47. The van der Waals surface area contributed by atoms with Crippen LogP contribution in [-0.2, 0) is 14.6 Å². The highest BCUT2D eigenvalue weighted by atomic mass is 32.2. The first-order chi connectivity index (χ1) is 6.56. The molecule has 1 fully saturated rings. The van der Waals surface area contributed by atoms with Crippen LogP contribution in [0, 0.1) is 0 Å². The van der Waals surface area contributed by atoms with E-state index in [0.29, 0.717) is 6.42 Å². The van der Waals surface area contributed by atoms with Crippen LogP contribution >= 0.6 is 0 Å². The second-order valence-electron chi connectivity index (χ2n) is 3.91. The van der Waals surface area contributed by atoms with E-state index < -0.39 is 9.84 Å². The van der Waals surface area contributed by atoms with Gasteiger partial charge in [0, 0.05) is 13.2 Å². The van der Waals surface area contributed by atoms with Crippen LogP contribution in [0.4, 0.5) is 0 Å². The van der Waals surface area contributed by atoms with Crippen LogP contribution in [-0.4, -0.2) is 39.2 Å². The first-order valence-electron chi connectivity index (χ1n) is 5.02. The van der Waals surface area contributed by atoms with Crippen LogP contribution in [0.3, 0.4) is 0 Å². The average molecular weight is 221 g/mol. The predicted octanol–water partition coefficient (Wildman–Crippen LogP) is 0.318. The van der Waals surface area contributed by atoms with E-state index in [1.54, 1.807) is 0 Å². The minimum absolute atomic E-state index is 0.0612. The molecule has 0 heterocycles. The van der Waals surface area contributed by atoms with Gasteiger partial charge in [0.1, 0.15) is 0 Å². The van der Waals surface area contributed by atoms with Crippen LogP contribution < -0.4 is 5.73 Å². The van der Waals surface area contributed by atoms with E-state index in [1.165, 1.54) is 7.11 Å². The summed E-state index contributed by atoms with van der Waals surface area (Å²) in [5.41, 5.74) is 5.75. The Morgan fingerprint density at radius 2 is 2.14 bits per heavy atom. The fourth-order valence-corrected chi connectivity index (χ4v) is 3.67. The number of rotatable bonds is 4. The van der Waals surface area contributed by atoms with Crippen LogP contribution in [0.5, 0.6) is 0 Å². The zero-order valence-electron chi connectivity index (χ0n) is 8.61. The first-order valence-corrected chi connectivity index (χ1v) is 6.74. The zero-order chi connectivity index (χ0) is 10.6. The Kier molecular flexibility index (Phi) is 4.34. The van der Waals surface area contributed by atoms with Crippen molar-refractivity contribution in [2.75, 3.05) is 19.5 Å². The molecule has 0 aromatic rings. The van der Waals surface area contributed by atoms with Crippen molar-refractivity contribution >= 4 is 9.84 Å². The van der Waals surface area contributed by atoms with Crippen LogP contribution in [0.25, 0.3) is 0 Å². The van der Waals surface area contributed by atoms with Gasteiger partial charge in [-0.1, -0.05) is 6.42 Å². The van der Waals surface area contributed by atoms with E-state index in [2.05, 4.69) is 0 Å². The third-order valence-electron chi connectivity index (χ3n) is 2.75. The van der Waals surface area contributed by atoms with Crippen LogP contribution in [0.2, 0.25) is 0 Å². The standard InChI is InChI=1S/C9H19NO3S/c1-13-5-6-14(11,12)9-4-2-3-8(10)7-9/h8-9H,2-7,10H2,1H3. The van der Waals surface area contributed by atoms with Gasteiger partial charge in [0.2, 0.25) is 0 Å². The molecule has 2 N–H and O–H groups in total. The highest BCUT2D eigenvalue weighted by Crippen LogP contribution is 2.23. The lowest BCUT2D eigenvalue weighted by atomic mass is 9.96. The summed E-state index contributed by atoms with van der Waals surface area (Å²) < 4.78 is 28.3. The monoisotopic (exact) mass is 221 g/mol. The summed E-state index contributed by atoms with van der Waals surface area (Å²) in [6.07, 6.45) is 3.26. The van der Waals surface area contributed by atoms with E-state index in [0.717, 1.165) is 19.3 Å². The van der Waals surface area contributed by atoms with Gasteiger partial charge in [-0.2, -0.15) is 0 Å². The molecule has 1 aliphatic rings. The molecule has 0 amide bonds. The lowest BCUT2D eigenvalue weighted by Crippen LogP contribution is -2.36. The summed E-state index contributed by atoms with van der Waals surface area (Å²) >= 11 is 0. The molecule has 14 heavy (non-hydrogen) atoms. The van der Waals surface area contributed by atoms with Crippen molar-refractivity contribution in [3.63, 3.8) is 0 Å². The number of nitrogens with two attached hydrogens (primary N) is 1. The smallest absolute Gasteiger partial charge is 0.155 e. The van der Waals surface area contributed by atoms with E-state index in [9.17, 15) is 8.42 Å². The van der Waals surface area contributed by atoms with E-state index in [1.807, 2.05) is 0 Å². The second-order valence-corrected chi connectivity index (χ2v) is 6.31. The third-order valence-corrected chi connectivity index (χ3v) is 4.93. The summed E-state index contributed by atoms with van der Waals surface area (Å²) in [6, 6.07) is 0.0612. The summed E-state index contributed by atoms with van der Waals surface area (Å²) in [5.74, 6) is 0.126. The lowest BCUT2D eigenvalue weighted by Gasteiger charge is -2.26. The van der Waals surface area contributed by atoms with Gasteiger partial charge in [-0.25, -0.2) is 8.42 Å². The predicted molar refractivity (Wildman–Crippen MR) is 55.9 cm³/mol. The van der Waals surface area contributed by atoms with Gasteiger partial charge in [-0.05, 0) is 19.3 Å². The Morgan fingerprint density at radius 3 is 2.71 bits per heavy atom. The Bertz CT molecular complexity index is 263. The molecule has 0 radical (unpaired) electrons. The highest BCUT2D eigenvalue weighted by Gasteiger charge is 2.29. The molecule has 84 valence electrons. The molecule has 0 spiro atoms.